The van der Waals surface area contributed by atoms with Crippen LogP contribution in [0.5, 0.6) is 5.75 Å². The molecule has 0 N–H and O–H groups in total. The molecule has 1 aromatic rings. The summed E-state index contributed by atoms with van der Waals surface area (Å²) in [5.41, 5.74) is 0.407. The van der Waals surface area contributed by atoms with E-state index in [9.17, 15) is 9.59 Å². The van der Waals surface area contributed by atoms with Gasteiger partial charge in [-0.1, -0.05) is 13.8 Å². The third-order valence-corrected chi connectivity index (χ3v) is 2.02. The van der Waals surface area contributed by atoms with Gasteiger partial charge in [-0.3, -0.25) is 9.59 Å². The molecule has 16 heavy (non-hydrogen) atoms. The van der Waals surface area contributed by atoms with Crippen molar-refractivity contribution in [2.45, 2.75) is 20.8 Å². The number of carbonyl (C=O) groups excluding carboxylic acids is 2. The quantitative estimate of drug-likeness (QED) is 0.565. The van der Waals surface area contributed by atoms with Crippen LogP contribution in [-0.2, 0) is 4.79 Å². The second-order valence-electron chi connectivity index (χ2n) is 4.11. The molecule has 0 unspecified atom stereocenters. The van der Waals surface area contributed by atoms with Crippen LogP contribution in [0, 0.1) is 5.92 Å². The smallest absolute Gasteiger partial charge is 0.228 e. The molecule has 0 aliphatic carbocycles. The Hall–Kier alpha value is -1.64. The summed E-state index contributed by atoms with van der Waals surface area (Å²) in [5, 5.41) is 0. The van der Waals surface area contributed by atoms with Crippen molar-refractivity contribution in [1.29, 1.82) is 0 Å². The average molecular weight is 220 g/mol. The summed E-state index contributed by atoms with van der Waals surface area (Å²) in [6.45, 7) is 6.03. The van der Waals surface area contributed by atoms with Gasteiger partial charge in [0, 0.05) is 12.5 Å². The maximum Gasteiger partial charge on any atom is 0.228 e. The fraction of sp³-hybridized carbons (Fsp3) is 0.385. The minimum absolute atomic E-state index is 0.407. The SMILES string of the molecule is CC(=O)C(=O)c1ccc(OCC(C)C)cc1. The minimum Gasteiger partial charge on any atom is -0.493 e. The standard InChI is InChI=1S/C13H16O3/c1-9(2)8-16-12-6-4-11(5-7-12)13(15)10(3)14/h4-7,9H,8H2,1-3H3. The molecule has 0 bridgehead atoms. The fourth-order valence-corrected chi connectivity index (χ4v) is 1.17. The van der Waals surface area contributed by atoms with Crippen molar-refractivity contribution in [2.75, 3.05) is 6.61 Å². The molecule has 86 valence electrons. The lowest BCUT2D eigenvalue weighted by Crippen LogP contribution is -2.09. The molecule has 0 aromatic heterocycles. The molecule has 1 rings (SSSR count). The second kappa shape index (κ2) is 5.45. The third kappa shape index (κ3) is 3.50. The summed E-state index contributed by atoms with van der Waals surface area (Å²) in [6.07, 6.45) is 0. The van der Waals surface area contributed by atoms with Gasteiger partial charge in [0.05, 0.1) is 6.61 Å². The van der Waals surface area contributed by atoms with E-state index in [1.54, 1.807) is 24.3 Å². The lowest BCUT2D eigenvalue weighted by Gasteiger charge is -2.08. The highest BCUT2D eigenvalue weighted by Crippen LogP contribution is 2.13. The molecule has 0 fully saturated rings. The van der Waals surface area contributed by atoms with E-state index in [0.717, 1.165) is 0 Å². The largest absolute Gasteiger partial charge is 0.493 e. The summed E-state index contributed by atoms with van der Waals surface area (Å²) in [6, 6.07) is 6.63. The van der Waals surface area contributed by atoms with Crippen LogP contribution in [-0.4, -0.2) is 18.2 Å². The Bertz CT molecular complexity index is 377. The van der Waals surface area contributed by atoms with Gasteiger partial charge in [-0.25, -0.2) is 0 Å². The van der Waals surface area contributed by atoms with Gasteiger partial charge < -0.3 is 4.74 Å². The normalized spacial score (nSPS) is 10.2. The Labute approximate surface area is 95.4 Å². The zero-order valence-corrected chi connectivity index (χ0v) is 9.82. The van der Waals surface area contributed by atoms with Gasteiger partial charge in [0.2, 0.25) is 5.78 Å². The molecule has 3 heteroatoms. The zero-order chi connectivity index (χ0) is 12.1. The molecule has 0 radical (unpaired) electrons. The van der Waals surface area contributed by atoms with Crippen LogP contribution in [0.1, 0.15) is 31.1 Å². The zero-order valence-electron chi connectivity index (χ0n) is 9.82. The Kier molecular flexibility index (Phi) is 4.23. The molecule has 0 heterocycles. The minimum atomic E-state index is -0.463. The van der Waals surface area contributed by atoms with E-state index in [0.29, 0.717) is 23.8 Å². The van der Waals surface area contributed by atoms with Crippen molar-refractivity contribution in [3.63, 3.8) is 0 Å². The molecule has 0 saturated carbocycles. The van der Waals surface area contributed by atoms with E-state index in [2.05, 4.69) is 13.8 Å². The van der Waals surface area contributed by atoms with Crippen molar-refractivity contribution in [3.05, 3.63) is 29.8 Å². The maximum atomic E-state index is 11.3. The van der Waals surface area contributed by atoms with Crippen LogP contribution in [0.3, 0.4) is 0 Å². The predicted molar refractivity (Wildman–Crippen MR) is 61.8 cm³/mol. The van der Waals surface area contributed by atoms with Crippen LogP contribution in [0.4, 0.5) is 0 Å². The first kappa shape index (κ1) is 12.4. The Balaban J connectivity index is 2.68. The first-order chi connectivity index (χ1) is 7.50. The Morgan fingerprint density at radius 1 is 1.19 bits per heavy atom. The van der Waals surface area contributed by atoms with E-state index in [4.69, 9.17) is 4.74 Å². The van der Waals surface area contributed by atoms with Gasteiger partial charge in [-0.15, -0.1) is 0 Å². The molecule has 0 spiro atoms. The molecular formula is C13H16O3. The van der Waals surface area contributed by atoms with Crippen LogP contribution >= 0.6 is 0 Å². The third-order valence-electron chi connectivity index (χ3n) is 2.02. The highest BCUT2D eigenvalue weighted by molar-refractivity contribution is 6.42. The van der Waals surface area contributed by atoms with Crippen molar-refractivity contribution < 1.29 is 14.3 Å². The van der Waals surface area contributed by atoms with Crippen molar-refractivity contribution in [3.8, 4) is 5.75 Å². The summed E-state index contributed by atoms with van der Waals surface area (Å²) in [4.78, 5) is 22.2. The number of Topliss-reactive ketones (excluding diaryl/α,β-unsaturated/α-hetero) is 2. The first-order valence-electron chi connectivity index (χ1n) is 5.29. The fourth-order valence-electron chi connectivity index (χ4n) is 1.17. The number of ether oxygens (including phenoxy) is 1. The average Bonchev–Trinajstić information content (AvgIpc) is 2.26. The van der Waals surface area contributed by atoms with Gasteiger partial charge in [0.1, 0.15) is 5.75 Å². The number of rotatable bonds is 5. The van der Waals surface area contributed by atoms with E-state index >= 15 is 0 Å². The van der Waals surface area contributed by atoms with E-state index in [1.165, 1.54) is 6.92 Å². The maximum absolute atomic E-state index is 11.3. The Morgan fingerprint density at radius 3 is 2.19 bits per heavy atom. The van der Waals surface area contributed by atoms with Gasteiger partial charge in [0.25, 0.3) is 0 Å². The Morgan fingerprint density at radius 2 is 1.75 bits per heavy atom. The number of benzene rings is 1. The summed E-state index contributed by atoms with van der Waals surface area (Å²) in [5.74, 6) is 0.263. The number of carbonyl (C=O) groups is 2. The molecule has 0 atom stereocenters. The molecule has 0 saturated heterocycles. The monoisotopic (exact) mass is 220 g/mol. The first-order valence-corrected chi connectivity index (χ1v) is 5.29. The topological polar surface area (TPSA) is 43.4 Å². The molecule has 0 aliphatic rings. The predicted octanol–water partition coefficient (Wildman–Crippen LogP) is 2.49. The highest BCUT2D eigenvalue weighted by Gasteiger charge is 2.10. The van der Waals surface area contributed by atoms with Crippen molar-refractivity contribution >= 4 is 11.6 Å². The highest BCUT2D eigenvalue weighted by atomic mass is 16.5. The summed E-state index contributed by atoms with van der Waals surface area (Å²) < 4.78 is 5.47. The van der Waals surface area contributed by atoms with Gasteiger partial charge >= 0.3 is 0 Å². The van der Waals surface area contributed by atoms with Crippen molar-refractivity contribution in [2.24, 2.45) is 5.92 Å². The van der Waals surface area contributed by atoms with E-state index in [-0.39, 0.29) is 0 Å². The van der Waals surface area contributed by atoms with Crippen LogP contribution in [0.15, 0.2) is 24.3 Å². The lowest BCUT2D eigenvalue weighted by atomic mass is 10.1. The molecular weight excluding hydrogens is 204 g/mol. The summed E-state index contributed by atoms with van der Waals surface area (Å²) in [7, 11) is 0. The molecule has 0 aliphatic heterocycles. The van der Waals surface area contributed by atoms with Gasteiger partial charge in [-0.2, -0.15) is 0 Å². The van der Waals surface area contributed by atoms with Crippen LogP contribution in [0.2, 0.25) is 0 Å². The van der Waals surface area contributed by atoms with Gasteiger partial charge in [-0.05, 0) is 30.2 Å². The van der Waals surface area contributed by atoms with Crippen LogP contribution in [0.25, 0.3) is 0 Å². The summed E-state index contributed by atoms with van der Waals surface area (Å²) >= 11 is 0. The number of ketones is 2. The molecule has 3 nitrogen and oxygen atoms in total. The molecule has 0 amide bonds. The van der Waals surface area contributed by atoms with E-state index in [1.807, 2.05) is 0 Å². The number of hydrogen-bond donors (Lipinski definition) is 0. The van der Waals surface area contributed by atoms with Crippen LogP contribution < -0.4 is 4.74 Å². The van der Waals surface area contributed by atoms with Gasteiger partial charge in [0.15, 0.2) is 5.78 Å². The second-order valence-corrected chi connectivity index (χ2v) is 4.11. The van der Waals surface area contributed by atoms with E-state index < -0.39 is 11.6 Å². The van der Waals surface area contributed by atoms with Crippen molar-refractivity contribution in [1.82, 2.24) is 0 Å². The lowest BCUT2D eigenvalue weighted by molar-refractivity contribution is -0.113. The molecule has 1 aromatic carbocycles. The number of hydrogen-bond acceptors (Lipinski definition) is 3.